The van der Waals surface area contributed by atoms with Crippen LogP contribution in [0.2, 0.25) is 0 Å². The summed E-state index contributed by atoms with van der Waals surface area (Å²) in [5.41, 5.74) is 0.347. The van der Waals surface area contributed by atoms with Crippen molar-refractivity contribution in [3.05, 3.63) is 65.7 Å². The first-order chi connectivity index (χ1) is 12.7. The summed E-state index contributed by atoms with van der Waals surface area (Å²) in [4.78, 5) is 16.1. The van der Waals surface area contributed by atoms with Crippen molar-refractivity contribution in [3.8, 4) is 11.8 Å². The van der Waals surface area contributed by atoms with Crippen molar-refractivity contribution >= 4 is 11.6 Å². The molecule has 0 aliphatic heterocycles. The van der Waals surface area contributed by atoms with Crippen LogP contribution in [0.1, 0.15) is 16.2 Å². The van der Waals surface area contributed by atoms with E-state index in [1.807, 2.05) is 0 Å². The zero-order valence-electron chi connectivity index (χ0n) is 13.8. The highest BCUT2D eigenvalue weighted by atomic mass is 19.4. The first-order valence-corrected chi connectivity index (χ1v) is 7.58. The van der Waals surface area contributed by atoms with E-state index in [1.165, 1.54) is 49.4 Å². The second-order valence-electron chi connectivity index (χ2n) is 5.43. The summed E-state index contributed by atoms with van der Waals surface area (Å²) < 4.78 is 56.7. The van der Waals surface area contributed by atoms with Gasteiger partial charge in [-0.3, -0.25) is 4.79 Å². The van der Waals surface area contributed by atoms with Crippen LogP contribution in [0.5, 0.6) is 11.8 Å². The Morgan fingerprint density at radius 2 is 1.85 bits per heavy atom. The zero-order valence-corrected chi connectivity index (χ0v) is 13.8. The number of hydrogen-bond donors (Lipinski definition) is 1. The van der Waals surface area contributed by atoms with Crippen molar-refractivity contribution < 1.29 is 27.1 Å². The Balaban J connectivity index is 1.80. The molecule has 1 aromatic carbocycles. The molecule has 2 heterocycles. The molecule has 0 aliphatic rings. The number of alkyl halides is 3. The number of pyridine rings is 1. The smallest absolute Gasteiger partial charge is 0.421 e. The summed E-state index contributed by atoms with van der Waals surface area (Å²) in [7, 11) is 0. The van der Waals surface area contributed by atoms with E-state index >= 15 is 0 Å². The normalized spacial score (nSPS) is 11.3. The summed E-state index contributed by atoms with van der Waals surface area (Å²) in [5, 5.41) is 5.82. The van der Waals surface area contributed by atoms with Gasteiger partial charge in [-0.25, -0.2) is 9.37 Å². The Bertz CT molecular complexity index is 968. The predicted molar refractivity (Wildman–Crippen MR) is 86.9 cm³/mol. The van der Waals surface area contributed by atoms with Crippen LogP contribution < -0.4 is 10.1 Å². The number of rotatable bonds is 4. The van der Waals surface area contributed by atoms with Gasteiger partial charge in [0, 0.05) is 17.8 Å². The van der Waals surface area contributed by atoms with Gasteiger partial charge in [0.2, 0.25) is 11.8 Å². The topological polar surface area (TPSA) is 69.0 Å². The summed E-state index contributed by atoms with van der Waals surface area (Å²) in [5.74, 6) is -1.89. The number of aromatic nitrogens is 3. The van der Waals surface area contributed by atoms with Crippen LogP contribution in [0, 0.1) is 12.7 Å². The number of hydrogen-bond acceptors (Lipinski definition) is 4. The maximum Gasteiger partial charge on any atom is 0.507 e. The Morgan fingerprint density at radius 1 is 1.15 bits per heavy atom. The standard InChI is InChI=1S/C17H12F4N4O2/c1-10-9-15(25(24-10)17(19,20)21)27-14-4-2-3-13(23-14)16(26)22-12-7-5-11(18)6-8-12/h2-9H,1H3,(H,22,26). The molecule has 0 atom stereocenters. The molecule has 0 radical (unpaired) electrons. The Morgan fingerprint density at radius 3 is 2.52 bits per heavy atom. The third-order valence-corrected chi connectivity index (χ3v) is 3.31. The number of carbonyl (C=O) groups is 1. The number of nitrogens with zero attached hydrogens (tertiary/aromatic N) is 3. The molecule has 3 rings (SSSR count). The number of nitrogens with one attached hydrogen (secondary N) is 1. The summed E-state index contributed by atoms with van der Waals surface area (Å²) in [6, 6.07) is 10.2. The average Bonchev–Trinajstić information content (AvgIpc) is 2.98. The number of amides is 1. The summed E-state index contributed by atoms with van der Waals surface area (Å²) >= 11 is 0. The maximum absolute atomic E-state index is 13.0. The highest BCUT2D eigenvalue weighted by molar-refractivity contribution is 6.02. The van der Waals surface area contributed by atoms with Gasteiger partial charge in [0.1, 0.15) is 11.5 Å². The minimum Gasteiger partial charge on any atom is -0.421 e. The van der Waals surface area contributed by atoms with Crippen molar-refractivity contribution in [2.45, 2.75) is 13.2 Å². The van der Waals surface area contributed by atoms with Gasteiger partial charge in [-0.2, -0.15) is 5.10 Å². The van der Waals surface area contributed by atoms with Gasteiger partial charge in [0.25, 0.3) is 5.91 Å². The number of halogens is 4. The van der Waals surface area contributed by atoms with Crippen LogP contribution in [0.15, 0.2) is 48.5 Å². The lowest BCUT2D eigenvalue weighted by atomic mass is 10.3. The molecule has 0 aliphatic carbocycles. The van der Waals surface area contributed by atoms with Gasteiger partial charge in [-0.15, -0.1) is 17.9 Å². The monoisotopic (exact) mass is 380 g/mol. The van der Waals surface area contributed by atoms with Gasteiger partial charge in [-0.05, 0) is 37.3 Å². The van der Waals surface area contributed by atoms with Crippen LogP contribution in [-0.2, 0) is 6.30 Å². The van der Waals surface area contributed by atoms with Crippen molar-refractivity contribution in [1.82, 2.24) is 14.8 Å². The number of aryl methyl sites for hydroxylation is 1. The number of ether oxygens (including phenoxy) is 1. The lowest BCUT2D eigenvalue weighted by molar-refractivity contribution is -0.214. The quantitative estimate of drug-likeness (QED) is 0.687. The van der Waals surface area contributed by atoms with Gasteiger partial charge in [-0.1, -0.05) is 6.07 Å². The first kappa shape index (κ1) is 18.4. The molecule has 0 fully saturated rings. The molecule has 0 spiro atoms. The molecule has 1 amide bonds. The van der Waals surface area contributed by atoms with Gasteiger partial charge >= 0.3 is 6.30 Å². The van der Waals surface area contributed by atoms with Crippen molar-refractivity contribution in [2.75, 3.05) is 5.32 Å². The van der Waals surface area contributed by atoms with E-state index in [9.17, 15) is 22.4 Å². The van der Waals surface area contributed by atoms with Crippen molar-refractivity contribution in [1.29, 1.82) is 0 Å². The van der Waals surface area contributed by atoms with Crippen LogP contribution in [0.4, 0.5) is 23.2 Å². The minimum atomic E-state index is -4.76. The van der Waals surface area contributed by atoms with E-state index in [0.29, 0.717) is 5.69 Å². The highest BCUT2D eigenvalue weighted by Gasteiger charge is 2.35. The fourth-order valence-corrected chi connectivity index (χ4v) is 2.16. The van der Waals surface area contributed by atoms with Crippen LogP contribution >= 0.6 is 0 Å². The Hall–Kier alpha value is -3.43. The van der Waals surface area contributed by atoms with Gasteiger partial charge < -0.3 is 10.1 Å². The van der Waals surface area contributed by atoms with E-state index in [1.54, 1.807) is 0 Å². The third kappa shape index (κ3) is 4.40. The predicted octanol–water partition coefficient (Wildman–Crippen LogP) is 4.25. The van der Waals surface area contributed by atoms with Crippen LogP contribution in [-0.4, -0.2) is 20.7 Å². The molecule has 0 saturated heterocycles. The second-order valence-corrected chi connectivity index (χ2v) is 5.43. The van der Waals surface area contributed by atoms with Crippen molar-refractivity contribution in [2.24, 2.45) is 0 Å². The highest BCUT2D eigenvalue weighted by Crippen LogP contribution is 2.30. The molecule has 3 aromatic rings. The zero-order chi connectivity index (χ0) is 19.6. The molecule has 1 N–H and O–H groups in total. The molecule has 6 nitrogen and oxygen atoms in total. The average molecular weight is 380 g/mol. The molecule has 0 saturated carbocycles. The second kappa shape index (κ2) is 7.06. The SMILES string of the molecule is Cc1cc(Oc2cccc(C(=O)Nc3ccc(F)cc3)n2)n(C(F)(F)F)n1. The Kier molecular flexibility index (Phi) is 4.80. The van der Waals surface area contributed by atoms with Crippen LogP contribution in [0.3, 0.4) is 0 Å². The molecule has 10 heteroatoms. The van der Waals surface area contributed by atoms with E-state index in [2.05, 4.69) is 15.4 Å². The molecule has 0 bridgehead atoms. The number of carbonyl (C=O) groups excluding carboxylic acids is 1. The molecule has 27 heavy (non-hydrogen) atoms. The summed E-state index contributed by atoms with van der Waals surface area (Å²) in [6.45, 7) is 1.38. The maximum atomic E-state index is 13.0. The molecule has 140 valence electrons. The molecular formula is C17H12F4N4O2. The lowest BCUT2D eigenvalue weighted by Gasteiger charge is -2.11. The minimum absolute atomic E-state index is 0.0911. The lowest BCUT2D eigenvalue weighted by Crippen LogP contribution is -2.19. The number of anilines is 1. The van der Waals surface area contributed by atoms with Crippen LogP contribution in [0.25, 0.3) is 0 Å². The van der Waals surface area contributed by atoms with Crippen molar-refractivity contribution in [3.63, 3.8) is 0 Å². The Labute approximate surface area is 150 Å². The third-order valence-electron chi connectivity index (χ3n) is 3.31. The number of benzene rings is 1. The van der Waals surface area contributed by atoms with E-state index in [0.717, 1.165) is 6.07 Å². The van der Waals surface area contributed by atoms with E-state index in [4.69, 9.17) is 4.74 Å². The molecular weight excluding hydrogens is 368 g/mol. The fourth-order valence-electron chi connectivity index (χ4n) is 2.16. The molecule has 0 unspecified atom stereocenters. The van der Waals surface area contributed by atoms with E-state index in [-0.39, 0.29) is 21.9 Å². The molecule has 2 aromatic heterocycles. The van der Waals surface area contributed by atoms with E-state index < -0.39 is 23.9 Å². The van der Waals surface area contributed by atoms with Gasteiger partial charge in [0.05, 0.1) is 5.69 Å². The summed E-state index contributed by atoms with van der Waals surface area (Å²) in [6.07, 6.45) is -4.76. The van der Waals surface area contributed by atoms with Gasteiger partial charge in [0.15, 0.2) is 0 Å². The largest absolute Gasteiger partial charge is 0.507 e. The first-order valence-electron chi connectivity index (χ1n) is 7.58. The fraction of sp³-hybridized carbons (Fsp3) is 0.118.